The van der Waals surface area contributed by atoms with Crippen molar-refractivity contribution in [1.29, 1.82) is 0 Å². The first-order chi connectivity index (χ1) is 12.4. The van der Waals surface area contributed by atoms with E-state index >= 15 is 0 Å². The van der Waals surface area contributed by atoms with E-state index in [0.717, 1.165) is 47.3 Å². The maximum Gasteiger partial charge on any atom is 0.261 e. The first kappa shape index (κ1) is 17.3. The quantitative estimate of drug-likeness (QED) is 0.735. The summed E-state index contributed by atoms with van der Waals surface area (Å²) in [7, 11) is 0. The van der Waals surface area contributed by atoms with Crippen LogP contribution in [0.15, 0.2) is 6.07 Å². The van der Waals surface area contributed by atoms with Gasteiger partial charge in [-0.25, -0.2) is 0 Å². The molecule has 3 heteroatoms. The fraction of sp³-hybridized carbons (Fsp3) is 0.783. The largest absolute Gasteiger partial charge is 0.348 e. The maximum absolute atomic E-state index is 13.0. The Kier molecular flexibility index (Phi) is 4.05. The van der Waals surface area contributed by atoms with E-state index in [9.17, 15) is 4.79 Å². The number of thiophene rings is 1. The van der Waals surface area contributed by atoms with Crippen molar-refractivity contribution in [3.05, 3.63) is 21.4 Å². The van der Waals surface area contributed by atoms with E-state index in [-0.39, 0.29) is 5.91 Å². The number of aryl methyl sites for hydroxylation is 1. The number of fused-ring (bicyclic) bond motifs is 1. The second-order valence-corrected chi connectivity index (χ2v) is 11.9. The second-order valence-electron chi connectivity index (χ2n) is 10.8. The molecule has 0 aromatic carbocycles. The van der Waals surface area contributed by atoms with Crippen LogP contribution in [0.25, 0.3) is 0 Å². The summed E-state index contributed by atoms with van der Waals surface area (Å²) in [5.41, 5.74) is 1.82. The van der Waals surface area contributed by atoms with Crippen LogP contribution >= 0.6 is 11.3 Å². The molecule has 0 radical (unpaired) electrons. The number of rotatable bonds is 2. The number of hydrogen-bond donors (Lipinski definition) is 1. The van der Waals surface area contributed by atoms with Crippen molar-refractivity contribution >= 4 is 17.2 Å². The summed E-state index contributed by atoms with van der Waals surface area (Å²) < 4.78 is 0. The summed E-state index contributed by atoms with van der Waals surface area (Å²) in [5.74, 6) is 4.41. The fourth-order valence-corrected chi connectivity index (χ4v) is 7.87. The fourth-order valence-electron chi connectivity index (χ4n) is 6.76. The summed E-state index contributed by atoms with van der Waals surface area (Å²) in [6, 6.07) is 2.68. The summed E-state index contributed by atoms with van der Waals surface area (Å²) in [5, 5.41) is 3.50. The Morgan fingerprint density at radius 3 is 2.35 bits per heavy atom. The van der Waals surface area contributed by atoms with Gasteiger partial charge in [-0.1, -0.05) is 20.8 Å². The molecule has 142 valence electrons. The molecule has 5 aliphatic rings. The van der Waals surface area contributed by atoms with Crippen LogP contribution in [0.2, 0.25) is 0 Å². The van der Waals surface area contributed by atoms with Crippen LogP contribution in [0, 0.1) is 35.0 Å². The van der Waals surface area contributed by atoms with Crippen molar-refractivity contribution in [2.45, 2.75) is 78.2 Å². The predicted molar refractivity (Wildman–Crippen MR) is 108 cm³/mol. The van der Waals surface area contributed by atoms with Crippen molar-refractivity contribution in [2.24, 2.45) is 35.0 Å². The molecule has 1 atom stereocenters. The summed E-state index contributed by atoms with van der Waals surface area (Å²) in [4.78, 5) is 15.5. The van der Waals surface area contributed by atoms with Crippen LogP contribution in [0.3, 0.4) is 0 Å². The Labute approximate surface area is 162 Å². The summed E-state index contributed by atoms with van der Waals surface area (Å²) >= 11 is 1.77. The minimum Gasteiger partial charge on any atom is -0.348 e. The van der Waals surface area contributed by atoms with Gasteiger partial charge in [0.15, 0.2) is 0 Å². The zero-order valence-electron chi connectivity index (χ0n) is 16.5. The molecule has 4 fully saturated rings. The Morgan fingerprint density at radius 1 is 1.08 bits per heavy atom. The van der Waals surface area contributed by atoms with E-state index in [0.29, 0.717) is 11.5 Å². The van der Waals surface area contributed by atoms with Gasteiger partial charge in [0, 0.05) is 10.9 Å². The number of amides is 1. The van der Waals surface area contributed by atoms with Gasteiger partial charge < -0.3 is 5.32 Å². The lowest BCUT2D eigenvalue weighted by molar-refractivity contribution is -0.0119. The molecule has 1 aromatic rings. The molecular formula is C23H33NOS. The predicted octanol–water partition coefficient (Wildman–Crippen LogP) is 5.45. The zero-order chi connectivity index (χ0) is 18.1. The summed E-state index contributed by atoms with van der Waals surface area (Å²) in [6.45, 7) is 7.07. The van der Waals surface area contributed by atoms with Gasteiger partial charge in [0.05, 0.1) is 4.88 Å². The van der Waals surface area contributed by atoms with Crippen LogP contribution in [-0.2, 0) is 12.8 Å². The lowest BCUT2D eigenvalue weighted by Crippen LogP contribution is -2.55. The van der Waals surface area contributed by atoms with Crippen LogP contribution < -0.4 is 5.32 Å². The van der Waals surface area contributed by atoms with Crippen molar-refractivity contribution < 1.29 is 4.79 Å². The molecule has 0 aliphatic heterocycles. The van der Waals surface area contributed by atoms with Gasteiger partial charge in [-0.05, 0) is 98.0 Å². The minimum absolute atomic E-state index is 0.217. The van der Waals surface area contributed by atoms with Crippen molar-refractivity contribution in [3.8, 4) is 0 Å². The number of hydrogen-bond acceptors (Lipinski definition) is 2. The van der Waals surface area contributed by atoms with Gasteiger partial charge in [0.2, 0.25) is 0 Å². The molecular weight excluding hydrogens is 338 g/mol. The molecule has 1 heterocycles. The normalized spacial score (nSPS) is 38.3. The number of nitrogens with one attached hydrogen (secondary N) is 1. The van der Waals surface area contributed by atoms with E-state index < -0.39 is 0 Å². The van der Waals surface area contributed by atoms with Gasteiger partial charge in [0.1, 0.15) is 0 Å². The molecule has 0 spiro atoms. The van der Waals surface area contributed by atoms with Crippen molar-refractivity contribution in [1.82, 2.24) is 5.32 Å². The standard InChI is InChI=1S/C23H33NOS/c1-23(2,3)18-4-5-19-15(11-18)12-20(26-19)22(25)24-21-16-7-13-6-14(9-16)10-17(21)8-13/h12-14,16-18,21H,4-11H2,1-3H3,(H,24,25)/t13?,14?,16?,17?,18-,21?/m0/s1. The third kappa shape index (κ3) is 2.95. The molecule has 0 unspecified atom stereocenters. The molecule has 4 bridgehead atoms. The minimum atomic E-state index is 0.217. The third-order valence-electron chi connectivity index (χ3n) is 8.06. The van der Waals surface area contributed by atoms with Crippen molar-refractivity contribution in [2.75, 3.05) is 0 Å². The highest BCUT2D eigenvalue weighted by atomic mass is 32.1. The molecule has 4 saturated carbocycles. The molecule has 1 aromatic heterocycles. The molecule has 2 nitrogen and oxygen atoms in total. The van der Waals surface area contributed by atoms with Crippen molar-refractivity contribution in [3.63, 3.8) is 0 Å². The molecule has 1 N–H and O–H groups in total. The summed E-state index contributed by atoms with van der Waals surface area (Å²) in [6.07, 6.45) is 10.5. The molecule has 5 aliphatic carbocycles. The van der Waals surface area contributed by atoms with E-state index in [4.69, 9.17) is 0 Å². The topological polar surface area (TPSA) is 29.1 Å². The third-order valence-corrected chi connectivity index (χ3v) is 9.29. The van der Waals surface area contributed by atoms with Gasteiger partial charge in [-0.2, -0.15) is 0 Å². The van der Waals surface area contributed by atoms with Gasteiger partial charge in [0.25, 0.3) is 5.91 Å². The average molecular weight is 372 g/mol. The lowest BCUT2D eigenvalue weighted by atomic mass is 9.54. The van der Waals surface area contributed by atoms with Crippen LogP contribution in [0.5, 0.6) is 0 Å². The van der Waals surface area contributed by atoms with Crippen LogP contribution in [0.4, 0.5) is 0 Å². The van der Waals surface area contributed by atoms with Gasteiger partial charge in [-0.15, -0.1) is 11.3 Å². The Bertz CT molecular complexity index is 684. The number of carbonyl (C=O) groups is 1. The lowest BCUT2D eigenvalue weighted by Gasteiger charge is -2.54. The van der Waals surface area contributed by atoms with Crippen LogP contribution in [-0.4, -0.2) is 11.9 Å². The maximum atomic E-state index is 13.0. The van der Waals surface area contributed by atoms with E-state index in [1.165, 1.54) is 49.0 Å². The second kappa shape index (κ2) is 6.09. The Morgan fingerprint density at radius 2 is 1.73 bits per heavy atom. The van der Waals surface area contributed by atoms with E-state index in [1.807, 2.05) is 0 Å². The first-order valence-corrected chi connectivity index (χ1v) is 11.6. The highest BCUT2D eigenvalue weighted by molar-refractivity contribution is 7.14. The first-order valence-electron chi connectivity index (χ1n) is 10.8. The molecule has 1 amide bonds. The molecule has 26 heavy (non-hydrogen) atoms. The van der Waals surface area contributed by atoms with Crippen LogP contribution in [0.1, 0.15) is 79.4 Å². The highest BCUT2D eigenvalue weighted by Gasteiger charge is 2.48. The Hall–Kier alpha value is -0.830. The van der Waals surface area contributed by atoms with Gasteiger partial charge in [-0.3, -0.25) is 4.79 Å². The van der Waals surface area contributed by atoms with Gasteiger partial charge >= 0.3 is 0 Å². The molecule has 0 saturated heterocycles. The number of carbonyl (C=O) groups excluding carboxylic acids is 1. The van der Waals surface area contributed by atoms with E-state index in [2.05, 4.69) is 32.2 Å². The van der Waals surface area contributed by atoms with E-state index in [1.54, 1.807) is 11.3 Å². The highest BCUT2D eigenvalue weighted by Crippen LogP contribution is 2.53. The SMILES string of the molecule is CC(C)(C)[C@H]1CCc2sc(C(=O)NC3C4CC5CC(C4)CC3C5)cc2C1. The molecule has 6 rings (SSSR count). The monoisotopic (exact) mass is 371 g/mol. The smallest absolute Gasteiger partial charge is 0.261 e. The Balaban J connectivity index is 1.29. The average Bonchev–Trinajstić information content (AvgIpc) is 3.00. The zero-order valence-corrected chi connectivity index (χ0v) is 17.3.